The molecule has 6 heteroatoms. The topological polar surface area (TPSA) is 73.6 Å². The zero-order valence-electron chi connectivity index (χ0n) is 11.6. The van der Waals surface area contributed by atoms with Crippen LogP contribution in [0.3, 0.4) is 0 Å². The van der Waals surface area contributed by atoms with E-state index in [1.54, 1.807) is 6.07 Å². The maximum absolute atomic E-state index is 10.8. The molecular formula is C14H20N2O4. The Morgan fingerprint density at radius 1 is 1.35 bits per heavy atom. The van der Waals surface area contributed by atoms with Crippen LogP contribution >= 0.6 is 0 Å². The van der Waals surface area contributed by atoms with Crippen LogP contribution in [0.5, 0.6) is 11.5 Å². The van der Waals surface area contributed by atoms with Gasteiger partial charge < -0.3 is 14.8 Å². The summed E-state index contributed by atoms with van der Waals surface area (Å²) < 4.78 is 10.8. The highest BCUT2D eigenvalue weighted by molar-refractivity contribution is 5.48. The number of nitro groups is 1. The monoisotopic (exact) mass is 280 g/mol. The van der Waals surface area contributed by atoms with Crippen molar-refractivity contribution in [2.45, 2.75) is 19.3 Å². The number of nitrogens with zero attached hydrogens (tertiary/aromatic N) is 1. The number of rotatable bonds is 6. The normalized spacial score (nSPS) is 15.8. The van der Waals surface area contributed by atoms with Crippen LogP contribution in [0, 0.1) is 16.0 Å². The van der Waals surface area contributed by atoms with Gasteiger partial charge in [-0.25, -0.2) is 0 Å². The van der Waals surface area contributed by atoms with Crippen LogP contribution < -0.4 is 14.8 Å². The predicted molar refractivity (Wildman–Crippen MR) is 75.4 cm³/mol. The minimum atomic E-state index is -0.431. The second-order valence-corrected chi connectivity index (χ2v) is 4.92. The summed E-state index contributed by atoms with van der Waals surface area (Å²) in [6, 6.07) is 4.40. The van der Waals surface area contributed by atoms with E-state index in [1.165, 1.54) is 19.2 Å². The fraction of sp³-hybridized carbons (Fsp3) is 0.571. The molecule has 1 aliphatic rings. The Hall–Kier alpha value is -1.82. The minimum absolute atomic E-state index is 0.0164. The third kappa shape index (κ3) is 3.84. The van der Waals surface area contributed by atoms with Gasteiger partial charge in [0.1, 0.15) is 0 Å². The molecule has 0 unspecified atom stereocenters. The molecule has 6 nitrogen and oxygen atoms in total. The number of nitrogens with one attached hydrogen (secondary N) is 1. The molecule has 1 aromatic rings. The lowest BCUT2D eigenvalue weighted by atomic mass is 9.95. The molecule has 0 spiro atoms. The average molecular weight is 280 g/mol. The summed E-state index contributed by atoms with van der Waals surface area (Å²) in [7, 11) is 1.53. The Kier molecular flexibility index (Phi) is 5.17. The number of nitro benzene ring substituents is 1. The third-order valence-corrected chi connectivity index (χ3v) is 3.60. The summed E-state index contributed by atoms with van der Waals surface area (Å²) in [5.74, 6) is 1.64. The lowest BCUT2D eigenvalue weighted by Gasteiger charge is -2.22. The third-order valence-electron chi connectivity index (χ3n) is 3.60. The molecular weight excluding hydrogens is 260 g/mol. The highest BCUT2D eigenvalue weighted by Gasteiger charge is 2.15. The first-order valence-electron chi connectivity index (χ1n) is 6.86. The lowest BCUT2D eigenvalue weighted by molar-refractivity contribution is -0.385. The first-order chi connectivity index (χ1) is 9.70. The van der Waals surface area contributed by atoms with Crippen LogP contribution in [-0.2, 0) is 0 Å². The fourth-order valence-corrected chi connectivity index (χ4v) is 2.40. The number of non-ortho nitro benzene ring substituents is 1. The molecule has 0 aromatic heterocycles. The first kappa shape index (κ1) is 14.6. The minimum Gasteiger partial charge on any atom is -0.493 e. The highest BCUT2D eigenvalue weighted by Crippen LogP contribution is 2.31. The van der Waals surface area contributed by atoms with Crippen molar-refractivity contribution >= 4 is 5.69 Å². The summed E-state index contributed by atoms with van der Waals surface area (Å²) >= 11 is 0. The second kappa shape index (κ2) is 7.09. The van der Waals surface area contributed by atoms with Gasteiger partial charge in [0.15, 0.2) is 11.5 Å². The average Bonchev–Trinajstić information content (AvgIpc) is 2.48. The smallest absolute Gasteiger partial charge is 0.273 e. The van der Waals surface area contributed by atoms with Gasteiger partial charge in [-0.3, -0.25) is 10.1 Å². The molecule has 0 aliphatic carbocycles. The van der Waals surface area contributed by atoms with Crippen molar-refractivity contribution < 1.29 is 14.4 Å². The van der Waals surface area contributed by atoms with Gasteiger partial charge in [-0.15, -0.1) is 0 Å². The van der Waals surface area contributed by atoms with Crippen molar-refractivity contribution in [3.8, 4) is 11.5 Å². The number of piperidine rings is 1. The van der Waals surface area contributed by atoms with Crippen molar-refractivity contribution in [3.63, 3.8) is 0 Å². The quantitative estimate of drug-likeness (QED) is 0.639. The maximum Gasteiger partial charge on any atom is 0.273 e. The Balaban J connectivity index is 1.93. The predicted octanol–water partition coefficient (Wildman–Crippen LogP) is 2.37. The van der Waals surface area contributed by atoms with Crippen LogP contribution in [-0.4, -0.2) is 31.7 Å². The first-order valence-corrected chi connectivity index (χ1v) is 6.86. The fourth-order valence-electron chi connectivity index (χ4n) is 2.40. The van der Waals surface area contributed by atoms with Gasteiger partial charge in [-0.2, -0.15) is 0 Å². The van der Waals surface area contributed by atoms with Crippen molar-refractivity contribution in [2.75, 3.05) is 26.8 Å². The van der Waals surface area contributed by atoms with Crippen molar-refractivity contribution in [1.82, 2.24) is 5.32 Å². The van der Waals surface area contributed by atoms with E-state index < -0.39 is 4.92 Å². The van der Waals surface area contributed by atoms with E-state index in [0.29, 0.717) is 24.0 Å². The molecule has 1 saturated heterocycles. The molecule has 1 aliphatic heterocycles. The number of hydrogen-bond donors (Lipinski definition) is 1. The van der Waals surface area contributed by atoms with Crippen LogP contribution in [0.15, 0.2) is 18.2 Å². The van der Waals surface area contributed by atoms with Crippen molar-refractivity contribution in [1.29, 1.82) is 0 Å². The van der Waals surface area contributed by atoms with Gasteiger partial charge in [0.2, 0.25) is 0 Å². The standard InChI is InChI=1S/C14H20N2O4/c1-19-13-3-2-12(16(17)18)10-14(13)20-9-6-11-4-7-15-8-5-11/h2-3,10-11,15H,4-9H2,1H3. The van der Waals surface area contributed by atoms with Crippen LogP contribution in [0.25, 0.3) is 0 Å². The second-order valence-electron chi connectivity index (χ2n) is 4.92. The zero-order valence-corrected chi connectivity index (χ0v) is 11.6. The van der Waals surface area contributed by atoms with E-state index in [-0.39, 0.29) is 5.69 Å². The molecule has 0 saturated carbocycles. The summed E-state index contributed by atoms with van der Waals surface area (Å²) in [4.78, 5) is 10.3. The van der Waals surface area contributed by atoms with Gasteiger partial charge in [0.05, 0.1) is 24.7 Å². The molecule has 2 rings (SSSR count). The summed E-state index contributed by atoms with van der Waals surface area (Å²) in [6.45, 7) is 2.68. The van der Waals surface area contributed by atoms with Crippen LogP contribution in [0.4, 0.5) is 5.69 Å². The number of benzene rings is 1. The van der Waals surface area contributed by atoms with Crippen LogP contribution in [0.2, 0.25) is 0 Å². The lowest BCUT2D eigenvalue weighted by Crippen LogP contribution is -2.28. The number of ether oxygens (including phenoxy) is 2. The molecule has 1 N–H and O–H groups in total. The van der Waals surface area contributed by atoms with Crippen molar-refractivity contribution in [3.05, 3.63) is 28.3 Å². The number of methoxy groups -OCH3 is 1. The zero-order chi connectivity index (χ0) is 14.4. The van der Waals surface area contributed by atoms with Gasteiger partial charge in [0, 0.05) is 6.07 Å². The molecule has 1 fully saturated rings. The Labute approximate surface area is 118 Å². The van der Waals surface area contributed by atoms with E-state index in [2.05, 4.69) is 5.32 Å². The molecule has 20 heavy (non-hydrogen) atoms. The SMILES string of the molecule is COc1ccc([N+](=O)[O-])cc1OCCC1CCNCC1. The summed E-state index contributed by atoms with van der Waals surface area (Å²) in [5, 5.41) is 14.1. The molecule has 0 bridgehead atoms. The van der Waals surface area contributed by atoms with Crippen LogP contribution in [0.1, 0.15) is 19.3 Å². The van der Waals surface area contributed by atoms with Gasteiger partial charge >= 0.3 is 0 Å². The molecule has 0 radical (unpaired) electrons. The van der Waals surface area contributed by atoms with Gasteiger partial charge in [-0.05, 0) is 44.3 Å². The number of hydrogen-bond acceptors (Lipinski definition) is 5. The van der Waals surface area contributed by atoms with E-state index in [9.17, 15) is 10.1 Å². The van der Waals surface area contributed by atoms with Crippen molar-refractivity contribution in [2.24, 2.45) is 5.92 Å². The van der Waals surface area contributed by atoms with E-state index in [4.69, 9.17) is 9.47 Å². The molecule has 1 heterocycles. The molecule has 0 atom stereocenters. The Bertz CT molecular complexity index is 458. The summed E-state index contributed by atoms with van der Waals surface area (Å²) in [5.41, 5.74) is 0.0164. The van der Waals surface area contributed by atoms with E-state index in [1.807, 2.05) is 0 Å². The largest absolute Gasteiger partial charge is 0.493 e. The molecule has 110 valence electrons. The van der Waals surface area contributed by atoms with E-state index in [0.717, 1.165) is 32.4 Å². The van der Waals surface area contributed by atoms with E-state index >= 15 is 0 Å². The Morgan fingerprint density at radius 2 is 2.10 bits per heavy atom. The van der Waals surface area contributed by atoms with Gasteiger partial charge in [0.25, 0.3) is 5.69 Å². The Morgan fingerprint density at radius 3 is 2.75 bits per heavy atom. The van der Waals surface area contributed by atoms with Gasteiger partial charge in [-0.1, -0.05) is 0 Å². The molecule has 0 amide bonds. The maximum atomic E-state index is 10.8. The highest BCUT2D eigenvalue weighted by atomic mass is 16.6. The summed E-state index contributed by atoms with van der Waals surface area (Å²) in [6.07, 6.45) is 3.29. The molecule has 1 aromatic carbocycles.